The first kappa shape index (κ1) is 14.4. The van der Waals surface area contributed by atoms with Crippen molar-refractivity contribution in [2.75, 3.05) is 0 Å². The fourth-order valence-corrected chi connectivity index (χ4v) is 2.94. The molecule has 1 nitrogen and oxygen atoms in total. The van der Waals surface area contributed by atoms with Gasteiger partial charge in [0.15, 0.2) is 11.6 Å². The molecule has 1 saturated carbocycles. The molecule has 1 atom stereocenters. The van der Waals surface area contributed by atoms with E-state index < -0.39 is 17.7 Å². The lowest BCUT2D eigenvalue weighted by molar-refractivity contribution is 0.146. The summed E-state index contributed by atoms with van der Waals surface area (Å²) >= 11 is 0. The molecular weight excluding hydrogens is 246 g/mol. The van der Waals surface area contributed by atoms with Crippen molar-refractivity contribution in [1.82, 2.24) is 0 Å². The molecule has 0 saturated heterocycles. The number of benzene rings is 1. The second-order valence-corrected chi connectivity index (χ2v) is 5.70. The van der Waals surface area contributed by atoms with Crippen LogP contribution in [0.4, 0.5) is 8.78 Å². The van der Waals surface area contributed by atoms with Gasteiger partial charge in [-0.1, -0.05) is 44.2 Å². The third-order valence-electron chi connectivity index (χ3n) is 4.24. The second kappa shape index (κ2) is 6.47. The number of halogens is 2. The van der Waals surface area contributed by atoms with Crippen molar-refractivity contribution in [2.45, 2.75) is 58.0 Å². The number of aliphatic hydroxyl groups is 1. The first-order valence-corrected chi connectivity index (χ1v) is 7.22. The Morgan fingerprint density at radius 3 is 2.53 bits per heavy atom. The maximum absolute atomic E-state index is 13.7. The molecule has 3 heteroatoms. The van der Waals surface area contributed by atoms with E-state index in [0.717, 1.165) is 6.42 Å². The predicted octanol–water partition coefficient (Wildman–Crippen LogP) is 4.67. The molecule has 1 N–H and O–H groups in total. The molecule has 2 rings (SSSR count). The van der Waals surface area contributed by atoms with Gasteiger partial charge in [0.1, 0.15) is 0 Å². The van der Waals surface area contributed by atoms with E-state index in [4.69, 9.17) is 0 Å². The van der Waals surface area contributed by atoms with Crippen LogP contribution in [0.2, 0.25) is 0 Å². The van der Waals surface area contributed by atoms with Crippen molar-refractivity contribution in [1.29, 1.82) is 0 Å². The maximum atomic E-state index is 13.7. The zero-order valence-electron chi connectivity index (χ0n) is 11.5. The summed E-state index contributed by atoms with van der Waals surface area (Å²) in [5.41, 5.74) is 0.375. The van der Waals surface area contributed by atoms with Gasteiger partial charge >= 0.3 is 0 Å². The summed E-state index contributed by atoms with van der Waals surface area (Å²) < 4.78 is 27.2. The predicted molar refractivity (Wildman–Crippen MR) is 71.9 cm³/mol. The van der Waals surface area contributed by atoms with Crippen LogP contribution < -0.4 is 0 Å². The van der Waals surface area contributed by atoms with Gasteiger partial charge in [-0.15, -0.1) is 0 Å². The van der Waals surface area contributed by atoms with Crippen molar-refractivity contribution < 1.29 is 13.9 Å². The van der Waals surface area contributed by atoms with Gasteiger partial charge in [0, 0.05) is 5.56 Å². The first-order chi connectivity index (χ1) is 9.09. The van der Waals surface area contributed by atoms with E-state index in [1.807, 2.05) is 0 Å². The van der Waals surface area contributed by atoms with Gasteiger partial charge in [-0.05, 0) is 31.2 Å². The molecule has 0 radical (unpaired) electrons. The largest absolute Gasteiger partial charge is 0.388 e. The number of rotatable bonds is 4. The van der Waals surface area contributed by atoms with Crippen LogP contribution in [0.15, 0.2) is 12.1 Å². The van der Waals surface area contributed by atoms with E-state index in [0.29, 0.717) is 12.3 Å². The van der Waals surface area contributed by atoms with Crippen LogP contribution >= 0.6 is 0 Å². The smallest absolute Gasteiger partial charge is 0.164 e. The number of aryl methyl sites for hydroxylation is 1. The fraction of sp³-hybridized carbons (Fsp3) is 0.625. The Hall–Kier alpha value is -0.960. The van der Waals surface area contributed by atoms with Crippen LogP contribution in [0.3, 0.4) is 0 Å². The first-order valence-electron chi connectivity index (χ1n) is 7.22. The standard InChI is InChI=1S/C16H22F2O/c1-11-7-9-13(16(18)15(11)17)14(19)10-8-12-5-3-2-4-6-12/h7,9,12,14,19H,2-6,8,10H2,1H3. The average molecular weight is 268 g/mol. The third kappa shape index (κ3) is 3.53. The van der Waals surface area contributed by atoms with Crippen LogP contribution in [0.1, 0.15) is 62.2 Å². The molecular formula is C16H22F2O. The Labute approximate surface area is 113 Å². The Bertz CT molecular complexity index is 425. The zero-order chi connectivity index (χ0) is 13.8. The Morgan fingerprint density at radius 1 is 1.16 bits per heavy atom. The van der Waals surface area contributed by atoms with Crippen LogP contribution in [0.5, 0.6) is 0 Å². The molecule has 1 aliphatic carbocycles. The third-order valence-corrected chi connectivity index (χ3v) is 4.24. The van der Waals surface area contributed by atoms with Gasteiger partial charge in [0.2, 0.25) is 0 Å². The molecule has 106 valence electrons. The summed E-state index contributed by atoms with van der Waals surface area (Å²) in [6.07, 6.45) is 6.76. The number of hydrogen-bond donors (Lipinski definition) is 1. The molecule has 0 aromatic heterocycles. The minimum absolute atomic E-state index is 0.0962. The van der Waals surface area contributed by atoms with Gasteiger partial charge in [-0.2, -0.15) is 0 Å². The molecule has 0 spiro atoms. The molecule has 1 fully saturated rings. The maximum Gasteiger partial charge on any atom is 0.164 e. The highest BCUT2D eigenvalue weighted by Gasteiger charge is 2.20. The van der Waals surface area contributed by atoms with Crippen molar-refractivity contribution in [2.24, 2.45) is 5.92 Å². The molecule has 0 aliphatic heterocycles. The molecule has 1 aromatic rings. The summed E-state index contributed by atoms with van der Waals surface area (Å²) in [5, 5.41) is 10.0. The lowest BCUT2D eigenvalue weighted by Gasteiger charge is -2.23. The summed E-state index contributed by atoms with van der Waals surface area (Å²) in [6, 6.07) is 3.02. The van der Waals surface area contributed by atoms with Gasteiger partial charge in [-0.3, -0.25) is 0 Å². The van der Waals surface area contributed by atoms with Crippen molar-refractivity contribution in [3.8, 4) is 0 Å². The molecule has 0 heterocycles. The minimum Gasteiger partial charge on any atom is -0.388 e. The van der Waals surface area contributed by atoms with Gasteiger partial charge in [0.05, 0.1) is 6.10 Å². The van der Waals surface area contributed by atoms with Crippen LogP contribution in [-0.4, -0.2) is 5.11 Å². The Morgan fingerprint density at radius 2 is 1.84 bits per heavy atom. The minimum atomic E-state index is -0.892. The highest BCUT2D eigenvalue weighted by molar-refractivity contribution is 5.26. The second-order valence-electron chi connectivity index (χ2n) is 5.70. The molecule has 19 heavy (non-hydrogen) atoms. The SMILES string of the molecule is Cc1ccc(C(O)CCC2CCCCC2)c(F)c1F. The molecule has 0 bridgehead atoms. The molecule has 1 aromatic carbocycles. The fourth-order valence-electron chi connectivity index (χ4n) is 2.94. The Kier molecular flexibility index (Phi) is 4.92. The van der Waals surface area contributed by atoms with E-state index in [1.54, 1.807) is 0 Å². The highest BCUT2D eigenvalue weighted by atomic mass is 19.2. The van der Waals surface area contributed by atoms with Gasteiger partial charge in [0.25, 0.3) is 0 Å². The van der Waals surface area contributed by atoms with Gasteiger partial charge in [-0.25, -0.2) is 8.78 Å². The topological polar surface area (TPSA) is 20.2 Å². The van der Waals surface area contributed by atoms with Crippen molar-refractivity contribution >= 4 is 0 Å². The lowest BCUT2D eigenvalue weighted by Crippen LogP contribution is -2.10. The van der Waals surface area contributed by atoms with E-state index in [-0.39, 0.29) is 11.1 Å². The van der Waals surface area contributed by atoms with Crippen molar-refractivity contribution in [3.05, 3.63) is 34.9 Å². The quantitative estimate of drug-likeness (QED) is 0.841. The van der Waals surface area contributed by atoms with E-state index in [2.05, 4.69) is 0 Å². The molecule has 1 unspecified atom stereocenters. The van der Waals surface area contributed by atoms with Crippen molar-refractivity contribution in [3.63, 3.8) is 0 Å². The van der Waals surface area contributed by atoms with Crippen LogP contribution in [0.25, 0.3) is 0 Å². The number of aliphatic hydroxyl groups excluding tert-OH is 1. The molecule has 1 aliphatic rings. The van der Waals surface area contributed by atoms with E-state index in [1.165, 1.54) is 51.2 Å². The van der Waals surface area contributed by atoms with E-state index >= 15 is 0 Å². The lowest BCUT2D eigenvalue weighted by atomic mass is 9.85. The number of hydrogen-bond acceptors (Lipinski definition) is 1. The summed E-state index contributed by atoms with van der Waals surface area (Å²) in [5.74, 6) is -1.09. The summed E-state index contributed by atoms with van der Waals surface area (Å²) in [7, 11) is 0. The zero-order valence-corrected chi connectivity index (χ0v) is 11.5. The van der Waals surface area contributed by atoms with Gasteiger partial charge < -0.3 is 5.11 Å². The van der Waals surface area contributed by atoms with Crippen LogP contribution in [-0.2, 0) is 0 Å². The van der Waals surface area contributed by atoms with Crippen LogP contribution in [0, 0.1) is 24.5 Å². The van der Waals surface area contributed by atoms with E-state index in [9.17, 15) is 13.9 Å². The Balaban J connectivity index is 1.95. The normalized spacial score (nSPS) is 18.5. The highest BCUT2D eigenvalue weighted by Crippen LogP contribution is 2.31. The average Bonchev–Trinajstić information content (AvgIpc) is 2.43. The molecule has 0 amide bonds. The monoisotopic (exact) mass is 268 g/mol. The summed E-state index contributed by atoms with van der Waals surface area (Å²) in [4.78, 5) is 0. The summed E-state index contributed by atoms with van der Waals surface area (Å²) in [6.45, 7) is 1.52.